The number of rotatable bonds is 4. The van der Waals surface area contributed by atoms with Gasteiger partial charge in [-0.15, -0.1) is 0 Å². The molecule has 6 rings (SSSR count). The van der Waals surface area contributed by atoms with E-state index in [9.17, 15) is 0 Å². The average molecular weight is 384 g/mol. The maximum atomic E-state index is 3.68. The topological polar surface area (TPSA) is 24.1 Å². The summed E-state index contributed by atoms with van der Waals surface area (Å²) in [4.78, 5) is 0. The van der Waals surface area contributed by atoms with Crippen LogP contribution in [0.1, 0.15) is 0 Å². The number of nitrogens with one attached hydrogen (secondary N) is 2. The molecule has 0 aromatic heterocycles. The Morgan fingerprint density at radius 1 is 0.367 bits per heavy atom. The van der Waals surface area contributed by atoms with Crippen molar-refractivity contribution in [1.29, 1.82) is 0 Å². The van der Waals surface area contributed by atoms with E-state index in [-0.39, 0.29) is 0 Å². The molecule has 1 aliphatic rings. The summed E-state index contributed by atoms with van der Waals surface area (Å²) in [6.45, 7) is 0. The zero-order chi connectivity index (χ0) is 19.9. The molecule has 5 aromatic rings. The number of para-hydroxylation sites is 3. The summed E-state index contributed by atoms with van der Waals surface area (Å²) in [5.74, 6) is 0. The molecule has 0 radical (unpaired) electrons. The Hall–Kier alpha value is -4.04. The van der Waals surface area contributed by atoms with Crippen LogP contribution in [0.25, 0.3) is 33.0 Å². The Morgan fingerprint density at radius 3 is 1.73 bits per heavy atom. The fourth-order valence-corrected chi connectivity index (χ4v) is 4.44. The van der Waals surface area contributed by atoms with Crippen molar-refractivity contribution in [3.63, 3.8) is 0 Å². The second-order valence-corrected chi connectivity index (χ2v) is 7.60. The summed E-state index contributed by atoms with van der Waals surface area (Å²) in [6, 6.07) is 38.3. The van der Waals surface area contributed by atoms with E-state index in [1.807, 2.05) is 18.2 Å². The van der Waals surface area contributed by atoms with Crippen LogP contribution in [0.4, 0.5) is 22.7 Å². The van der Waals surface area contributed by atoms with Gasteiger partial charge in [0.05, 0.1) is 11.4 Å². The van der Waals surface area contributed by atoms with E-state index >= 15 is 0 Å². The van der Waals surface area contributed by atoms with Crippen molar-refractivity contribution < 1.29 is 0 Å². The smallest absolute Gasteiger partial charge is 0.0623 e. The average Bonchev–Trinajstić information content (AvgIpc) is 3.13. The highest BCUT2D eigenvalue weighted by atomic mass is 15.0. The predicted octanol–water partition coefficient (Wildman–Crippen LogP) is 7.97. The van der Waals surface area contributed by atoms with Gasteiger partial charge in [0.1, 0.15) is 0 Å². The molecule has 2 heteroatoms. The van der Waals surface area contributed by atoms with Crippen molar-refractivity contribution in [2.75, 3.05) is 10.6 Å². The zero-order valence-corrected chi connectivity index (χ0v) is 16.4. The summed E-state index contributed by atoms with van der Waals surface area (Å²) < 4.78 is 0. The van der Waals surface area contributed by atoms with Gasteiger partial charge >= 0.3 is 0 Å². The maximum absolute atomic E-state index is 3.68. The molecule has 142 valence electrons. The van der Waals surface area contributed by atoms with E-state index in [4.69, 9.17) is 0 Å². The van der Waals surface area contributed by atoms with Gasteiger partial charge in [0.15, 0.2) is 0 Å². The lowest BCUT2D eigenvalue weighted by Crippen LogP contribution is -1.98. The van der Waals surface area contributed by atoms with Gasteiger partial charge < -0.3 is 10.6 Å². The van der Waals surface area contributed by atoms with E-state index in [0.29, 0.717) is 0 Å². The molecule has 5 aromatic carbocycles. The molecule has 2 N–H and O–H groups in total. The van der Waals surface area contributed by atoms with Crippen LogP contribution in [-0.4, -0.2) is 0 Å². The molecule has 0 saturated carbocycles. The highest BCUT2D eigenvalue weighted by molar-refractivity contribution is 6.18. The normalized spacial score (nSPS) is 11.3. The van der Waals surface area contributed by atoms with E-state index in [2.05, 4.69) is 102 Å². The number of anilines is 4. The molecule has 30 heavy (non-hydrogen) atoms. The van der Waals surface area contributed by atoms with E-state index in [1.54, 1.807) is 0 Å². The number of hydrogen-bond acceptors (Lipinski definition) is 2. The summed E-state index contributed by atoms with van der Waals surface area (Å²) in [7, 11) is 0. The lowest BCUT2D eigenvalue weighted by molar-refractivity contribution is 1.51. The van der Waals surface area contributed by atoms with Gasteiger partial charge in [-0.2, -0.15) is 0 Å². The van der Waals surface area contributed by atoms with Gasteiger partial charge in [0, 0.05) is 16.8 Å². The molecule has 0 bridgehead atoms. The van der Waals surface area contributed by atoms with Gasteiger partial charge in [-0.05, 0) is 58.0 Å². The van der Waals surface area contributed by atoms with Crippen molar-refractivity contribution in [3.05, 3.63) is 109 Å². The Kier molecular flexibility index (Phi) is 3.82. The molecule has 0 atom stereocenters. The first-order chi connectivity index (χ1) is 14.9. The lowest BCUT2D eigenvalue weighted by atomic mass is 10.0. The van der Waals surface area contributed by atoms with Crippen LogP contribution in [0.15, 0.2) is 109 Å². The van der Waals surface area contributed by atoms with Crippen LogP contribution >= 0.6 is 0 Å². The molecule has 0 unspecified atom stereocenters. The number of fused-ring (bicyclic) bond motifs is 3. The minimum atomic E-state index is 1.05. The highest BCUT2D eigenvalue weighted by Crippen LogP contribution is 2.49. The van der Waals surface area contributed by atoms with Crippen molar-refractivity contribution >= 4 is 33.5 Å². The largest absolute Gasteiger partial charge is 0.354 e. The van der Waals surface area contributed by atoms with Crippen molar-refractivity contribution in [1.82, 2.24) is 0 Å². The molecule has 0 heterocycles. The Bertz CT molecular complexity index is 1360. The van der Waals surface area contributed by atoms with Crippen molar-refractivity contribution in [3.8, 4) is 22.3 Å². The van der Waals surface area contributed by atoms with Crippen molar-refractivity contribution in [2.24, 2.45) is 0 Å². The van der Waals surface area contributed by atoms with E-state index in [0.717, 1.165) is 22.7 Å². The van der Waals surface area contributed by atoms with Crippen LogP contribution in [-0.2, 0) is 0 Å². The fourth-order valence-electron chi connectivity index (χ4n) is 4.44. The molecule has 2 nitrogen and oxygen atoms in total. The van der Waals surface area contributed by atoms with Crippen LogP contribution in [0.3, 0.4) is 0 Å². The SMILES string of the molecule is c1ccc(Nc2ccccc2Nc2ccc3c4c(cccc24)-c2ccccc2-3)cc1. The molecular formula is C28H20N2. The fraction of sp³-hybridized carbons (Fsp3) is 0. The molecule has 0 fully saturated rings. The lowest BCUT2D eigenvalue weighted by Gasteiger charge is -2.16. The van der Waals surface area contributed by atoms with Crippen LogP contribution in [0, 0.1) is 0 Å². The first kappa shape index (κ1) is 16.9. The quantitative estimate of drug-likeness (QED) is 0.322. The second-order valence-electron chi connectivity index (χ2n) is 7.60. The third-order valence-electron chi connectivity index (χ3n) is 5.80. The third kappa shape index (κ3) is 2.66. The maximum Gasteiger partial charge on any atom is 0.0623 e. The summed E-state index contributed by atoms with van der Waals surface area (Å²) in [5, 5.41) is 9.79. The molecule has 0 spiro atoms. The Morgan fingerprint density at radius 2 is 0.967 bits per heavy atom. The Balaban J connectivity index is 1.44. The van der Waals surface area contributed by atoms with Gasteiger partial charge in [-0.25, -0.2) is 0 Å². The molecule has 0 saturated heterocycles. The van der Waals surface area contributed by atoms with Crippen LogP contribution in [0.5, 0.6) is 0 Å². The summed E-state index contributed by atoms with van der Waals surface area (Å²) >= 11 is 0. The minimum Gasteiger partial charge on any atom is -0.354 e. The monoisotopic (exact) mass is 384 g/mol. The van der Waals surface area contributed by atoms with Gasteiger partial charge in [-0.3, -0.25) is 0 Å². The number of benzene rings is 5. The molecular weight excluding hydrogens is 364 g/mol. The van der Waals surface area contributed by atoms with E-state index in [1.165, 1.54) is 33.0 Å². The number of hydrogen-bond donors (Lipinski definition) is 2. The predicted molar refractivity (Wildman–Crippen MR) is 128 cm³/mol. The highest BCUT2D eigenvalue weighted by Gasteiger charge is 2.21. The molecule has 1 aliphatic carbocycles. The summed E-state index contributed by atoms with van der Waals surface area (Å²) in [5.41, 5.74) is 9.57. The molecule has 0 aliphatic heterocycles. The summed E-state index contributed by atoms with van der Waals surface area (Å²) in [6.07, 6.45) is 0. The van der Waals surface area contributed by atoms with Gasteiger partial charge in [0.2, 0.25) is 0 Å². The standard InChI is InChI=1S/C28H20N2/c1-2-9-19(10-3-1)29-26-15-6-7-16-27(26)30-25-18-17-23-21-12-5-4-11-20(21)22-13-8-14-24(25)28(22)23/h1-18,29-30H. The third-order valence-corrected chi connectivity index (χ3v) is 5.80. The second kappa shape index (κ2) is 6.78. The van der Waals surface area contributed by atoms with Crippen LogP contribution in [0.2, 0.25) is 0 Å². The minimum absolute atomic E-state index is 1.05. The molecule has 0 amide bonds. The first-order valence-corrected chi connectivity index (χ1v) is 10.2. The van der Waals surface area contributed by atoms with Gasteiger partial charge in [0.25, 0.3) is 0 Å². The first-order valence-electron chi connectivity index (χ1n) is 10.2. The van der Waals surface area contributed by atoms with Crippen molar-refractivity contribution in [2.45, 2.75) is 0 Å². The van der Waals surface area contributed by atoms with Gasteiger partial charge in [-0.1, -0.05) is 78.9 Å². The van der Waals surface area contributed by atoms with E-state index < -0.39 is 0 Å². The Labute approximate surface area is 175 Å². The zero-order valence-electron chi connectivity index (χ0n) is 16.4. The van der Waals surface area contributed by atoms with Crippen LogP contribution < -0.4 is 10.6 Å².